The predicted octanol–water partition coefficient (Wildman–Crippen LogP) is 3.69. The summed E-state index contributed by atoms with van der Waals surface area (Å²) in [5.41, 5.74) is 3.54. The molecule has 1 N–H and O–H groups in total. The van der Waals surface area contributed by atoms with E-state index in [0.29, 0.717) is 12.1 Å². The summed E-state index contributed by atoms with van der Waals surface area (Å²) < 4.78 is 5.63. The Morgan fingerprint density at radius 2 is 1.90 bits per heavy atom. The molecule has 29 heavy (non-hydrogen) atoms. The zero-order chi connectivity index (χ0) is 21.0. The van der Waals surface area contributed by atoms with Crippen LogP contribution in [0.4, 0.5) is 11.4 Å². The molecule has 1 atom stereocenters. The molecule has 1 aliphatic heterocycles. The van der Waals surface area contributed by atoms with Gasteiger partial charge in [0.05, 0.1) is 24.9 Å². The molecule has 1 amide bonds. The first-order valence-corrected chi connectivity index (χ1v) is 10.4. The van der Waals surface area contributed by atoms with Crippen LogP contribution in [0.15, 0.2) is 46.9 Å². The van der Waals surface area contributed by atoms with Crippen LogP contribution in [-0.2, 0) is 9.53 Å². The summed E-state index contributed by atoms with van der Waals surface area (Å²) >= 11 is 3.50. The maximum absolute atomic E-state index is 12.5. The molecule has 7 heteroatoms. The van der Waals surface area contributed by atoms with Crippen LogP contribution in [-0.4, -0.2) is 56.1 Å². The molecule has 2 aromatic carbocycles. The van der Waals surface area contributed by atoms with Crippen molar-refractivity contribution in [2.75, 3.05) is 43.5 Å². The summed E-state index contributed by atoms with van der Waals surface area (Å²) in [5, 5.41) is 2.99. The van der Waals surface area contributed by atoms with E-state index < -0.39 is 0 Å². The van der Waals surface area contributed by atoms with E-state index in [1.807, 2.05) is 37.3 Å². The van der Waals surface area contributed by atoms with Crippen LogP contribution in [0.25, 0.3) is 0 Å². The second-order valence-electron chi connectivity index (χ2n) is 7.34. The number of esters is 1. The summed E-state index contributed by atoms with van der Waals surface area (Å²) in [4.78, 5) is 28.6. The zero-order valence-electron chi connectivity index (χ0n) is 16.9. The van der Waals surface area contributed by atoms with Crippen molar-refractivity contribution in [1.82, 2.24) is 4.90 Å². The third-order valence-electron chi connectivity index (χ3n) is 5.16. The molecule has 0 bridgehead atoms. The number of hydrogen-bond donors (Lipinski definition) is 1. The van der Waals surface area contributed by atoms with Gasteiger partial charge in [-0.2, -0.15) is 0 Å². The van der Waals surface area contributed by atoms with Crippen LogP contribution in [0.2, 0.25) is 0 Å². The van der Waals surface area contributed by atoms with E-state index in [2.05, 4.69) is 38.0 Å². The molecular formula is C22H26BrN3O3. The van der Waals surface area contributed by atoms with Crippen molar-refractivity contribution >= 4 is 39.2 Å². The van der Waals surface area contributed by atoms with Crippen LogP contribution in [0.1, 0.15) is 22.8 Å². The van der Waals surface area contributed by atoms with E-state index in [4.69, 9.17) is 4.74 Å². The summed E-state index contributed by atoms with van der Waals surface area (Å²) in [5.74, 6) is -0.349. The van der Waals surface area contributed by atoms with Gasteiger partial charge >= 0.3 is 5.97 Å². The number of ether oxygens (including phenoxy) is 1. The Kier molecular flexibility index (Phi) is 6.92. The van der Waals surface area contributed by atoms with E-state index >= 15 is 0 Å². The molecule has 1 fully saturated rings. The molecule has 6 nitrogen and oxygen atoms in total. The highest BCUT2D eigenvalue weighted by molar-refractivity contribution is 9.10. The van der Waals surface area contributed by atoms with Gasteiger partial charge in [0.15, 0.2) is 0 Å². The molecule has 0 spiro atoms. The standard InChI is InChI=1S/C22H26BrN3O3/c1-15-4-9-20(19(23)12-15)24-21(27)14-25-10-11-26(13-16(25)2)18-7-5-17(6-8-18)22(28)29-3/h4-9,12,16H,10-11,13-14H2,1-3H3,(H,24,27). The summed E-state index contributed by atoms with van der Waals surface area (Å²) in [6.07, 6.45) is 0. The summed E-state index contributed by atoms with van der Waals surface area (Å²) in [7, 11) is 1.38. The lowest BCUT2D eigenvalue weighted by atomic mass is 10.1. The van der Waals surface area contributed by atoms with Gasteiger partial charge in [-0.25, -0.2) is 4.79 Å². The zero-order valence-corrected chi connectivity index (χ0v) is 18.5. The fraction of sp³-hybridized carbons (Fsp3) is 0.364. The number of carbonyl (C=O) groups excluding carboxylic acids is 2. The Bertz CT molecular complexity index is 885. The molecule has 1 saturated heterocycles. The minimum Gasteiger partial charge on any atom is -0.465 e. The molecule has 0 radical (unpaired) electrons. The van der Waals surface area contributed by atoms with E-state index in [1.54, 1.807) is 12.1 Å². The number of nitrogens with zero attached hydrogens (tertiary/aromatic N) is 2. The number of halogens is 1. The average molecular weight is 460 g/mol. The normalized spacial score (nSPS) is 17.1. The molecule has 3 rings (SSSR count). The highest BCUT2D eigenvalue weighted by atomic mass is 79.9. The number of anilines is 2. The lowest BCUT2D eigenvalue weighted by Gasteiger charge is -2.40. The van der Waals surface area contributed by atoms with Gasteiger partial charge in [0, 0.05) is 35.8 Å². The second-order valence-corrected chi connectivity index (χ2v) is 8.19. The van der Waals surface area contributed by atoms with Gasteiger partial charge in [-0.15, -0.1) is 0 Å². The third kappa shape index (κ3) is 5.36. The monoisotopic (exact) mass is 459 g/mol. The Hall–Kier alpha value is -2.38. The fourth-order valence-corrected chi connectivity index (χ4v) is 4.08. The first-order valence-electron chi connectivity index (χ1n) is 9.60. The van der Waals surface area contributed by atoms with Gasteiger partial charge in [-0.3, -0.25) is 9.69 Å². The van der Waals surface area contributed by atoms with Crippen LogP contribution in [0.5, 0.6) is 0 Å². The number of nitrogens with one attached hydrogen (secondary N) is 1. The smallest absolute Gasteiger partial charge is 0.337 e. The Morgan fingerprint density at radius 3 is 2.52 bits per heavy atom. The van der Waals surface area contributed by atoms with E-state index in [1.165, 1.54) is 7.11 Å². The largest absolute Gasteiger partial charge is 0.465 e. The van der Waals surface area contributed by atoms with Crippen molar-refractivity contribution in [3.63, 3.8) is 0 Å². The van der Waals surface area contributed by atoms with E-state index in [9.17, 15) is 9.59 Å². The average Bonchev–Trinajstić information content (AvgIpc) is 2.71. The van der Waals surface area contributed by atoms with Crippen LogP contribution < -0.4 is 10.2 Å². The maximum atomic E-state index is 12.5. The molecule has 0 aliphatic carbocycles. The van der Waals surface area contributed by atoms with Crippen molar-refractivity contribution in [1.29, 1.82) is 0 Å². The number of amides is 1. The predicted molar refractivity (Wildman–Crippen MR) is 119 cm³/mol. The van der Waals surface area contributed by atoms with E-state index in [-0.39, 0.29) is 17.9 Å². The van der Waals surface area contributed by atoms with Crippen LogP contribution >= 0.6 is 15.9 Å². The number of aryl methyl sites for hydroxylation is 1. The lowest BCUT2D eigenvalue weighted by Crippen LogP contribution is -2.53. The fourth-order valence-electron chi connectivity index (χ4n) is 3.49. The number of benzene rings is 2. The van der Waals surface area contributed by atoms with Gasteiger partial charge < -0.3 is 15.0 Å². The van der Waals surface area contributed by atoms with Crippen molar-refractivity contribution < 1.29 is 14.3 Å². The number of rotatable bonds is 5. The van der Waals surface area contributed by atoms with Gasteiger partial charge in [-0.05, 0) is 71.7 Å². The highest BCUT2D eigenvalue weighted by Gasteiger charge is 2.25. The van der Waals surface area contributed by atoms with Gasteiger partial charge in [0.25, 0.3) is 0 Å². The van der Waals surface area contributed by atoms with Crippen molar-refractivity contribution in [2.45, 2.75) is 19.9 Å². The molecular weight excluding hydrogens is 434 g/mol. The number of methoxy groups -OCH3 is 1. The first kappa shape index (κ1) is 21.3. The molecule has 1 heterocycles. The highest BCUT2D eigenvalue weighted by Crippen LogP contribution is 2.24. The maximum Gasteiger partial charge on any atom is 0.337 e. The number of hydrogen-bond acceptors (Lipinski definition) is 5. The Labute approximate surface area is 180 Å². The molecule has 0 aromatic heterocycles. The first-order chi connectivity index (χ1) is 13.9. The molecule has 0 saturated carbocycles. The topological polar surface area (TPSA) is 61.9 Å². The number of piperazine rings is 1. The van der Waals surface area contributed by atoms with Crippen molar-refractivity contribution in [3.05, 3.63) is 58.1 Å². The summed E-state index contributed by atoms with van der Waals surface area (Å²) in [6.45, 7) is 6.94. The van der Waals surface area contributed by atoms with Gasteiger partial charge in [0.2, 0.25) is 5.91 Å². The summed E-state index contributed by atoms with van der Waals surface area (Å²) in [6, 6.07) is 13.6. The van der Waals surface area contributed by atoms with Crippen molar-refractivity contribution in [2.24, 2.45) is 0 Å². The quantitative estimate of drug-likeness (QED) is 0.690. The van der Waals surface area contributed by atoms with Crippen LogP contribution in [0.3, 0.4) is 0 Å². The van der Waals surface area contributed by atoms with Gasteiger partial charge in [-0.1, -0.05) is 6.07 Å². The third-order valence-corrected chi connectivity index (χ3v) is 5.82. The molecule has 2 aromatic rings. The number of carbonyl (C=O) groups is 2. The SMILES string of the molecule is COC(=O)c1ccc(N2CCN(CC(=O)Nc3ccc(C)cc3Br)C(C)C2)cc1. The second kappa shape index (κ2) is 9.41. The Morgan fingerprint density at radius 1 is 1.17 bits per heavy atom. The minimum atomic E-state index is -0.332. The lowest BCUT2D eigenvalue weighted by molar-refractivity contribution is -0.117. The van der Waals surface area contributed by atoms with Crippen LogP contribution in [0, 0.1) is 6.92 Å². The molecule has 1 unspecified atom stereocenters. The van der Waals surface area contributed by atoms with Gasteiger partial charge in [0.1, 0.15) is 0 Å². The Balaban J connectivity index is 1.55. The molecule has 1 aliphatic rings. The van der Waals surface area contributed by atoms with E-state index in [0.717, 1.165) is 41.0 Å². The minimum absolute atomic E-state index is 0.0164. The van der Waals surface area contributed by atoms with Crippen molar-refractivity contribution in [3.8, 4) is 0 Å². The molecule has 154 valence electrons.